The molecular formula is C23H31NO2. The monoisotopic (exact) mass is 353 g/mol. The second-order valence-electron chi connectivity index (χ2n) is 8.38. The molecule has 1 saturated carbocycles. The van der Waals surface area contributed by atoms with Crippen LogP contribution < -0.4 is 0 Å². The zero-order valence-corrected chi connectivity index (χ0v) is 16.1. The average molecular weight is 354 g/mol. The van der Waals surface area contributed by atoms with Crippen LogP contribution in [0.1, 0.15) is 93.9 Å². The Hall–Kier alpha value is -1.37. The molecule has 0 unspecified atom stereocenters. The minimum atomic E-state index is 0.149. The molecule has 2 saturated heterocycles. The Morgan fingerprint density at radius 1 is 1.00 bits per heavy atom. The van der Waals surface area contributed by atoms with Crippen LogP contribution in [0.4, 0.5) is 0 Å². The fraction of sp³-hybridized carbons (Fsp3) is 0.696. The summed E-state index contributed by atoms with van der Waals surface area (Å²) < 4.78 is 11.8. The van der Waals surface area contributed by atoms with Crippen molar-refractivity contribution in [3.8, 4) is 6.07 Å². The second kappa shape index (κ2) is 7.71. The number of ether oxygens (including phenoxy) is 2. The molecule has 0 aromatic heterocycles. The molecule has 0 N–H and O–H groups in total. The summed E-state index contributed by atoms with van der Waals surface area (Å²) in [6.07, 6.45) is 11.3. The lowest BCUT2D eigenvalue weighted by Crippen LogP contribution is -2.19. The lowest BCUT2D eigenvalue weighted by molar-refractivity contribution is 0.248. The van der Waals surface area contributed by atoms with Crippen LogP contribution >= 0.6 is 0 Å². The molecule has 26 heavy (non-hydrogen) atoms. The van der Waals surface area contributed by atoms with E-state index in [1.54, 1.807) is 0 Å². The Balaban J connectivity index is 1.39. The van der Waals surface area contributed by atoms with Crippen LogP contribution in [-0.4, -0.2) is 18.3 Å². The molecular weight excluding hydrogens is 322 g/mol. The lowest BCUT2D eigenvalue weighted by Gasteiger charge is -2.28. The molecule has 1 aromatic rings. The molecule has 0 spiro atoms. The van der Waals surface area contributed by atoms with E-state index >= 15 is 0 Å². The molecule has 4 atom stereocenters. The van der Waals surface area contributed by atoms with E-state index in [1.165, 1.54) is 44.1 Å². The van der Waals surface area contributed by atoms with Gasteiger partial charge in [-0.05, 0) is 62.0 Å². The largest absolute Gasteiger partial charge is 0.369 e. The zero-order chi connectivity index (χ0) is 18.1. The highest BCUT2D eigenvalue weighted by molar-refractivity contribution is 5.44. The number of rotatable bonds is 7. The van der Waals surface area contributed by atoms with Gasteiger partial charge in [-0.3, -0.25) is 0 Å². The minimum Gasteiger partial charge on any atom is -0.369 e. The SMILES string of the molecule is CCC[C@@H]1O[C@H]1c1cc(C2CCC([C@@H]3O[C@H]3CCC)CC2)ccc1C#N. The van der Waals surface area contributed by atoms with Gasteiger partial charge in [0.05, 0.1) is 29.9 Å². The summed E-state index contributed by atoms with van der Waals surface area (Å²) in [5.41, 5.74) is 3.32. The van der Waals surface area contributed by atoms with Gasteiger partial charge >= 0.3 is 0 Å². The average Bonchev–Trinajstić information content (AvgIpc) is 3.59. The minimum absolute atomic E-state index is 0.149. The highest BCUT2D eigenvalue weighted by Gasteiger charge is 2.45. The Morgan fingerprint density at radius 3 is 2.42 bits per heavy atom. The number of nitriles is 1. The smallest absolute Gasteiger partial charge is 0.110 e. The summed E-state index contributed by atoms with van der Waals surface area (Å²) in [6, 6.07) is 8.83. The number of hydrogen-bond acceptors (Lipinski definition) is 3. The summed E-state index contributed by atoms with van der Waals surface area (Å²) in [6.45, 7) is 4.43. The van der Waals surface area contributed by atoms with E-state index in [-0.39, 0.29) is 6.10 Å². The van der Waals surface area contributed by atoms with Crippen molar-refractivity contribution in [2.45, 2.75) is 95.5 Å². The molecule has 0 radical (unpaired) electrons. The molecule has 2 heterocycles. The molecule has 3 aliphatic rings. The van der Waals surface area contributed by atoms with E-state index < -0.39 is 0 Å². The van der Waals surface area contributed by atoms with Crippen molar-refractivity contribution in [2.75, 3.05) is 0 Å². The van der Waals surface area contributed by atoms with E-state index in [2.05, 4.69) is 32.0 Å². The molecule has 0 bridgehead atoms. The first-order valence-electron chi connectivity index (χ1n) is 10.6. The normalized spacial score (nSPS) is 35.7. The molecule has 0 amide bonds. The number of nitrogens with zero attached hydrogens (tertiary/aromatic N) is 1. The summed E-state index contributed by atoms with van der Waals surface area (Å²) >= 11 is 0. The van der Waals surface area contributed by atoms with Crippen molar-refractivity contribution in [3.05, 3.63) is 34.9 Å². The first-order chi connectivity index (χ1) is 12.7. The van der Waals surface area contributed by atoms with Gasteiger partial charge in [-0.1, -0.05) is 38.8 Å². The van der Waals surface area contributed by atoms with Gasteiger partial charge in [0.15, 0.2) is 0 Å². The zero-order valence-electron chi connectivity index (χ0n) is 16.1. The molecule has 1 aromatic carbocycles. The van der Waals surface area contributed by atoms with Crippen molar-refractivity contribution in [1.29, 1.82) is 5.26 Å². The quantitative estimate of drug-likeness (QED) is 0.596. The van der Waals surface area contributed by atoms with Crippen molar-refractivity contribution in [3.63, 3.8) is 0 Å². The summed E-state index contributed by atoms with van der Waals surface area (Å²) in [4.78, 5) is 0. The number of hydrogen-bond donors (Lipinski definition) is 0. The third-order valence-electron chi connectivity index (χ3n) is 6.56. The van der Waals surface area contributed by atoms with Crippen molar-refractivity contribution >= 4 is 0 Å². The van der Waals surface area contributed by atoms with Crippen LogP contribution in [0, 0.1) is 17.2 Å². The van der Waals surface area contributed by atoms with Crippen molar-refractivity contribution in [1.82, 2.24) is 0 Å². The summed E-state index contributed by atoms with van der Waals surface area (Å²) in [5.74, 6) is 1.39. The summed E-state index contributed by atoms with van der Waals surface area (Å²) in [7, 11) is 0. The Bertz CT molecular complexity index is 671. The van der Waals surface area contributed by atoms with E-state index in [9.17, 15) is 5.26 Å². The van der Waals surface area contributed by atoms with Crippen LogP contribution in [0.25, 0.3) is 0 Å². The fourth-order valence-electron chi connectivity index (χ4n) is 4.96. The molecule has 1 aliphatic carbocycles. The predicted octanol–water partition coefficient (Wildman–Crippen LogP) is 5.64. The van der Waals surface area contributed by atoms with Gasteiger partial charge in [0, 0.05) is 5.56 Å². The lowest BCUT2D eigenvalue weighted by atomic mass is 9.76. The number of epoxide rings is 2. The maximum Gasteiger partial charge on any atom is 0.110 e. The number of benzene rings is 1. The maximum absolute atomic E-state index is 9.46. The molecule has 3 fully saturated rings. The van der Waals surface area contributed by atoms with Crippen LogP contribution in [0.5, 0.6) is 0 Å². The van der Waals surface area contributed by atoms with Gasteiger partial charge in [0.2, 0.25) is 0 Å². The van der Waals surface area contributed by atoms with Crippen LogP contribution in [0.2, 0.25) is 0 Å². The molecule has 140 valence electrons. The third kappa shape index (κ3) is 3.68. The first-order valence-corrected chi connectivity index (χ1v) is 10.6. The summed E-state index contributed by atoms with van der Waals surface area (Å²) in [5, 5.41) is 9.46. The van der Waals surface area contributed by atoms with Gasteiger partial charge in [-0.15, -0.1) is 0 Å². The van der Waals surface area contributed by atoms with Crippen molar-refractivity contribution < 1.29 is 9.47 Å². The molecule has 3 heteroatoms. The van der Waals surface area contributed by atoms with E-state index in [0.717, 1.165) is 29.9 Å². The van der Waals surface area contributed by atoms with Gasteiger partial charge in [0.25, 0.3) is 0 Å². The second-order valence-corrected chi connectivity index (χ2v) is 8.38. The third-order valence-corrected chi connectivity index (χ3v) is 6.56. The van der Waals surface area contributed by atoms with E-state index in [4.69, 9.17) is 9.47 Å². The standard InChI is InChI=1S/C23H31NO2/c1-3-5-20-22(25-20)16-9-7-15(8-10-16)17-11-12-18(14-24)19(13-17)23-21(26-23)6-4-2/h11-13,15-16,20-23H,3-10H2,1-2H3/t15?,16?,20-,21-,22-,23-/m0/s1. The van der Waals surface area contributed by atoms with Crippen LogP contribution in [-0.2, 0) is 9.47 Å². The fourth-order valence-corrected chi connectivity index (χ4v) is 4.96. The Kier molecular flexibility index (Phi) is 5.34. The topological polar surface area (TPSA) is 48.8 Å². The first kappa shape index (κ1) is 18.0. The molecule has 3 nitrogen and oxygen atoms in total. The van der Waals surface area contributed by atoms with Gasteiger partial charge in [-0.25, -0.2) is 0 Å². The molecule has 2 aliphatic heterocycles. The van der Waals surface area contributed by atoms with Crippen LogP contribution in [0.15, 0.2) is 18.2 Å². The van der Waals surface area contributed by atoms with Gasteiger partial charge < -0.3 is 9.47 Å². The maximum atomic E-state index is 9.46. The highest BCUT2D eigenvalue weighted by Crippen LogP contribution is 2.46. The Labute approximate surface area is 157 Å². The highest BCUT2D eigenvalue weighted by atomic mass is 16.6. The van der Waals surface area contributed by atoms with Gasteiger partial charge in [0.1, 0.15) is 6.10 Å². The van der Waals surface area contributed by atoms with Gasteiger partial charge in [-0.2, -0.15) is 5.26 Å². The van der Waals surface area contributed by atoms with Crippen LogP contribution in [0.3, 0.4) is 0 Å². The van der Waals surface area contributed by atoms with E-state index in [1.807, 2.05) is 6.07 Å². The Morgan fingerprint density at radius 2 is 1.73 bits per heavy atom. The van der Waals surface area contributed by atoms with E-state index in [0.29, 0.717) is 24.2 Å². The van der Waals surface area contributed by atoms with Crippen molar-refractivity contribution in [2.24, 2.45) is 5.92 Å². The predicted molar refractivity (Wildman–Crippen MR) is 102 cm³/mol. The molecule has 4 rings (SSSR count).